The highest BCUT2D eigenvalue weighted by molar-refractivity contribution is 8.00. The summed E-state index contributed by atoms with van der Waals surface area (Å²) in [4.78, 5) is 11.9. The average molecular weight is 223 g/mol. The van der Waals surface area contributed by atoms with Gasteiger partial charge in [0.25, 0.3) is 0 Å². The van der Waals surface area contributed by atoms with Crippen LogP contribution >= 0.6 is 11.8 Å². The summed E-state index contributed by atoms with van der Waals surface area (Å²) >= 11 is 1.37. The first-order chi connectivity index (χ1) is 7.18. The third kappa shape index (κ3) is 2.45. The molecule has 3 N–H and O–H groups in total. The number of carboxylic acids is 1. The highest BCUT2D eigenvalue weighted by Gasteiger charge is 2.37. The van der Waals surface area contributed by atoms with Crippen LogP contribution in [0, 0.1) is 5.92 Å². The van der Waals surface area contributed by atoms with E-state index in [9.17, 15) is 4.79 Å². The summed E-state index contributed by atoms with van der Waals surface area (Å²) in [7, 11) is 0. The van der Waals surface area contributed by atoms with E-state index in [4.69, 9.17) is 10.8 Å². The normalized spacial score (nSPS) is 17.3. The molecule has 1 fully saturated rings. The smallest absolute Gasteiger partial charge is 0.317 e. The van der Waals surface area contributed by atoms with Gasteiger partial charge in [-0.1, -0.05) is 12.1 Å². The Labute approximate surface area is 92.7 Å². The summed E-state index contributed by atoms with van der Waals surface area (Å²) in [5, 5.41) is 8.74. The van der Waals surface area contributed by atoms with Gasteiger partial charge in [-0.2, -0.15) is 0 Å². The van der Waals surface area contributed by atoms with E-state index < -0.39 is 5.97 Å². The molecule has 3 nitrogen and oxygen atoms in total. The first-order valence-corrected chi connectivity index (χ1v) is 5.80. The summed E-state index contributed by atoms with van der Waals surface area (Å²) in [6.07, 6.45) is 2.05. The highest BCUT2D eigenvalue weighted by atomic mass is 32.2. The van der Waals surface area contributed by atoms with E-state index in [-0.39, 0.29) is 5.25 Å². The van der Waals surface area contributed by atoms with E-state index in [1.54, 1.807) is 6.07 Å². The quantitative estimate of drug-likeness (QED) is 0.607. The van der Waals surface area contributed by atoms with Gasteiger partial charge in [-0.05, 0) is 30.9 Å². The molecular weight excluding hydrogens is 210 g/mol. The van der Waals surface area contributed by atoms with Crippen molar-refractivity contribution in [3.05, 3.63) is 24.3 Å². The third-order valence-electron chi connectivity index (χ3n) is 2.47. The van der Waals surface area contributed by atoms with Crippen molar-refractivity contribution in [3.63, 3.8) is 0 Å². The zero-order chi connectivity index (χ0) is 10.8. The number of nitrogens with two attached hydrogens (primary N) is 1. The van der Waals surface area contributed by atoms with Gasteiger partial charge < -0.3 is 10.8 Å². The predicted octanol–water partition coefficient (Wildman–Crippen LogP) is 2.22. The number of thioether (sulfide) groups is 1. The maximum Gasteiger partial charge on any atom is 0.317 e. The van der Waals surface area contributed by atoms with Crippen molar-refractivity contribution in [3.8, 4) is 0 Å². The van der Waals surface area contributed by atoms with Crippen LogP contribution < -0.4 is 5.73 Å². The second-order valence-electron chi connectivity index (χ2n) is 3.75. The summed E-state index contributed by atoms with van der Waals surface area (Å²) in [5.74, 6) is -0.405. The lowest BCUT2D eigenvalue weighted by Gasteiger charge is -2.11. The Bertz CT molecular complexity index is 377. The van der Waals surface area contributed by atoms with Crippen LogP contribution in [0.2, 0.25) is 0 Å². The van der Waals surface area contributed by atoms with Gasteiger partial charge in [-0.25, -0.2) is 0 Å². The fraction of sp³-hybridized carbons (Fsp3) is 0.364. The van der Waals surface area contributed by atoms with Crippen LogP contribution in [0.25, 0.3) is 0 Å². The molecule has 0 amide bonds. The topological polar surface area (TPSA) is 63.3 Å². The monoisotopic (exact) mass is 223 g/mol. The van der Waals surface area contributed by atoms with Crippen molar-refractivity contribution in [1.82, 2.24) is 0 Å². The van der Waals surface area contributed by atoms with Crippen LogP contribution in [0.3, 0.4) is 0 Å². The predicted molar refractivity (Wildman–Crippen MR) is 60.9 cm³/mol. The molecule has 1 aromatic carbocycles. The van der Waals surface area contributed by atoms with Crippen molar-refractivity contribution >= 4 is 23.4 Å². The summed E-state index contributed by atoms with van der Waals surface area (Å²) in [5.41, 5.74) is 6.44. The number of para-hydroxylation sites is 1. The number of carbonyl (C=O) groups is 1. The van der Waals surface area contributed by atoms with Crippen LogP contribution in [-0.2, 0) is 4.79 Å². The van der Waals surface area contributed by atoms with Crippen molar-refractivity contribution < 1.29 is 9.90 Å². The van der Waals surface area contributed by atoms with Gasteiger partial charge in [0.05, 0.1) is 0 Å². The molecule has 0 bridgehead atoms. The van der Waals surface area contributed by atoms with Gasteiger partial charge in [0.2, 0.25) is 0 Å². The molecule has 0 aliphatic heterocycles. The Kier molecular flexibility index (Phi) is 2.86. The molecule has 0 saturated heterocycles. The molecule has 80 valence electrons. The minimum atomic E-state index is -0.731. The lowest BCUT2D eigenvalue weighted by Crippen LogP contribution is -2.18. The Morgan fingerprint density at radius 3 is 2.67 bits per heavy atom. The maximum absolute atomic E-state index is 11.0. The van der Waals surface area contributed by atoms with Gasteiger partial charge in [-0.15, -0.1) is 11.8 Å². The molecule has 1 saturated carbocycles. The molecule has 0 heterocycles. The van der Waals surface area contributed by atoms with Crippen molar-refractivity contribution in [2.45, 2.75) is 23.0 Å². The van der Waals surface area contributed by atoms with Gasteiger partial charge in [0.15, 0.2) is 0 Å². The largest absolute Gasteiger partial charge is 0.480 e. The van der Waals surface area contributed by atoms with Gasteiger partial charge in [-0.3, -0.25) is 4.79 Å². The van der Waals surface area contributed by atoms with E-state index in [0.29, 0.717) is 11.6 Å². The summed E-state index contributed by atoms with van der Waals surface area (Å²) < 4.78 is 0. The van der Waals surface area contributed by atoms with Crippen LogP contribution in [0.1, 0.15) is 12.8 Å². The Hall–Kier alpha value is -1.16. The Morgan fingerprint density at radius 2 is 2.13 bits per heavy atom. The molecule has 0 spiro atoms. The van der Waals surface area contributed by atoms with Gasteiger partial charge >= 0.3 is 5.97 Å². The molecule has 1 aliphatic rings. The van der Waals surface area contributed by atoms with Crippen LogP contribution in [-0.4, -0.2) is 16.3 Å². The number of anilines is 1. The number of rotatable bonds is 4. The highest BCUT2D eigenvalue weighted by Crippen LogP contribution is 2.42. The van der Waals surface area contributed by atoms with Crippen molar-refractivity contribution in [2.75, 3.05) is 5.73 Å². The number of carboxylic acid groups (broad SMARTS) is 1. The minimum Gasteiger partial charge on any atom is -0.480 e. The molecule has 0 radical (unpaired) electrons. The molecule has 2 rings (SSSR count). The van der Waals surface area contributed by atoms with Crippen molar-refractivity contribution in [1.29, 1.82) is 0 Å². The number of hydrogen-bond donors (Lipinski definition) is 2. The standard InChI is InChI=1S/C11H13NO2S/c12-8-3-1-2-4-9(8)15-10(11(13)14)7-5-6-7/h1-4,7,10H,5-6,12H2,(H,13,14). The summed E-state index contributed by atoms with van der Waals surface area (Å²) in [6, 6.07) is 7.41. The van der Waals surface area contributed by atoms with E-state index in [1.807, 2.05) is 18.2 Å². The third-order valence-corrected chi connectivity index (χ3v) is 3.93. The van der Waals surface area contributed by atoms with Crippen LogP contribution in [0.4, 0.5) is 5.69 Å². The Morgan fingerprint density at radius 1 is 1.47 bits per heavy atom. The maximum atomic E-state index is 11.0. The van der Waals surface area contributed by atoms with Crippen LogP contribution in [0.15, 0.2) is 29.2 Å². The molecule has 15 heavy (non-hydrogen) atoms. The van der Waals surface area contributed by atoms with E-state index in [1.165, 1.54) is 11.8 Å². The van der Waals surface area contributed by atoms with Crippen molar-refractivity contribution in [2.24, 2.45) is 5.92 Å². The summed E-state index contributed by atoms with van der Waals surface area (Å²) in [6.45, 7) is 0. The van der Waals surface area contributed by atoms with Crippen LogP contribution in [0.5, 0.6) is 0 Å². The fourth-order valence-electron chi connectivity index (χ4n) is 1.47. The molecule has 4 heteroatoms. The number of nitrogen functional groups attached to an aromatic ring is 1. The minimum absolute atomic E-state index is 0.326. The molecule has 1 atom stereocenters. The Balaban J connectivity index is 2.12. The fourth-order valence-corrected chi connectivity index (χ4v) is 2.67. The number of aliphatic carboxylic acids is 1. The molecule has 0 aromatic heterocycles. The van der Waals surface area contributed by atoms with Gasteiger partial charge in [0, 0.05) is 10.6 Å². The second kappa shape index (κ2) is 4.14. The van der Waals surface area contributed by atoms with E-state index in [2.05, 4.69) is 0 Å². The SMILES string of the molecule is Nc1ccccc1SC(C(=O)O)C1CC1. The van der Waals surface area contributed by atoms with Gasteiger partial charge in [0.1, 0.15) is 5.25 Å². The average Bonchev–Trinajstić information content (AvgIpc) is 2.99. The zero-order valence-electron chi connectivity index (χ0n) is 8.22. The van der Waals surface area contributed by atoms with E-state index in [0.717, 1.165) is 17.7 Å². The molecule has 1 aromatic rings. The first kappa shape index (κ1) is 10.4. The second-order valence-corrected chi connectivity index (χ2v) is 4.94. The zero-order valence-corrected chi connectivity index (χ0v) is 9.04. The molecular formula is C11H13NO2S. The number of hydrogen-bond acceptors (Lipinski definition) is 3. The van der Waals surface area contributed by atoms with E-state index >= 15 is 0 Å². The lowest BCUT2D eigenvalue weighted by atomic mass is 10.3. The lowest BCUT2D eigenvalue weighted by molar-refractivity contribution is -0.136. The number of benzene rings is 1. The molecule has 1 aliphatic carbocycles. The first-order valence-electron chi connectivity index (χ1n) is 4.92. The molecule has 1 unspecified atom stereocenters.